The van der Waals surface area contributed by atoms with Crippen molar-refractivity contribution in [3.63, 3.8) is 0 Å². The van der Waals surface area contributed by atoms with Crippen LogP contribution in [0, 0.1) is 0 Å². The van der Waals surface area contributed by atoms with Gasteiger partial charge in [-0.25, -0.2) is 10.9 Å². The minimum Gasteiger partial charge on any atom is -0.347 e. The standard InChI is InChI=1S/C13H13N3O/c14-16(12-9-5-2-6-10-15-12)13(17)11-7-3-1-4-8-11/h1-10,15H,14H2. The van der Waals surface area contributed by atoms with Gasteiger partial charge in [-0.15, -0.1) is 0 Å². The van der Waals surface area contributed by atoms with Crippen molar-refractivity contribution < 1.29 is 4.79 Å². The highest BCUT2D eigenvalue weighted by Crippen LogP contribution is 2.06. The number of carbonyl (C=O) groups is 1. The summed E-state index contributed by atoms with van der Waals surface area (Å²) in [5.74, 6) is 6.05. The maximum absolute atomic E-state index is 12.0. The third-order valence-electron chi connectivity index (χ3n) is 2.30. The number of hydrogen-bond acceptors (Lipinski definition) is 3. The maximum atomic E-state index is 12.0. The molecule has 86 valence electrons. The van der Waals surface area contributed by atoms with E-state index >= 15 is 0 Å². The molecular weight excluding hydrogens is 214 g/mol. The van der Waals surface area contributed by atoms with Gasteiger partial charge in [0.1, 0.15) is 5.82 Å². The van der Waals surface area contributed by atoms with Crippen molar-refractivity contribution in [3.05, 3.63) is 72.2 Å². The summed E-state index contributed by atoms with van der Waals surface area (Å²) in [4.78, 5) is 12.0. The minimum atomic E-state index is -0.256. The fourth-order valence-electron chi connectivity index (χ4n) is 1.43. The van der Waals surface area contributed by atoms with Gasteiger partial charge in [0, 0.05) is 11.8 Å². The highest BCUT2D eigenvalue weighted by atomic mass is 16.2. The third-order valence-corrected chi connectivity index (χ3v) is 2.30. The number of nitrogens with zero attached hydrogens (tertiary/aromatic N) is 1. The lowest BCUT2D eigenvalue weighted by Gasteiger charge is -2.19. The van der Waals surface area contributed by atoms with Gasteiger partial charge in [-0.3, -0.25) is 4.79 Å². The molecular formula is C13H13N3O. The average molecular weight is 227 g/mol. The van der Waals surface area contributed by atoms with Crippen LogP contribution in [0.4, 0.5) is 0 Å². The molecule has 0 radical (unpaired) electrons. The van der Waals surface area contributed by atoms with Crippen LogP contribution in [0.25, 0.3) is 0 Å². The van der Waals surface area contributed by atoms with E-state index in [1.807, 2.05) is 24.3 Å². The van der Waals surface area contributed by atoms with Crippen molar-refractivity contribution in [2.24, 2.45) is 5.84 Å². The summed E-state index contributed by atoms with van der Waals surface area (Å²) in [6.07, 6.45) is 8.93. The third kappa shape index (κ3) is 2.62. The van der Waals surface area contributed by atoms with Crippen molar-refractivity contribution in [1.29, 1.82) is 0 Å². The van der Waals surface area contributed by atoms with Crippen molar-refractivity contribution in [2.75, 3.05) is 0 Å². The lowest BCUT2D eigenvalue weighted by atomic mass is 10.2. The van der Waals surface area contributed by atoms with E-state index in [0.29, 0.717) is 11.4 Å². The normalized spacial score (nSPS) is 13.6. The van der Waals surface area contributed by atoms with E-state index in [1.54, 1.807) is 36.5 Å². The van der Waals surface area contributed by atoms with E-state index in [9.17, 15) is 4.79 Å². The van der Waals surface area contributed by atoms with Crippen LogP contribution in [0.1, 0.15) is 10.4 Å². The second kappa shape index (κ2) is 5.14. The molecule has 0 unspecified atom stereocenters. The molecule has 2 rings (SSSR count). The molecule has 0 aliphatic carbocycles. The molecule has 0 aromatic heterocycles. The average Bonchev–Trinajstić information content (AvgIpc) is 2.67. The summed E-state index contributed by atoms with van der Waals surface area (Å²) in [6, 6.07) is 8.91. The summed E-state index contributed by atoms with van der Waals surface area (Å²) in [6.45, 7) is 0. The van der Waals surface area contributed by atoms with Crippen LogP contribution in [0.5, 0.6) is 0 Å². The zero-order valence-corrected chi connectivity index (χ0v) is 9.21. The van der Waals surface area contributed by atoms with Gasteiger partial charge in [-0.2, -0.15) is 0 Å². The van der Waals surface area contributed by atoms with Gasteiger partial charge in [0.05, 0.1) is 0 Å². The van der Waals surface area contributed by atoms with Crippen LogP contribution < -0.4 is 11.2 Å². The van der Waals surface area contributed by atoms with Crippen LogP contribution in [-0.4, -0.2) is 10.9 Å². The van der Waals surface area contributed by atoms with Gasteiger partial charge in [0.2, 0.25) is 0 Å². The van der Waals surface area contributed by atoms with Crippen molar-refractivity contribution in [2.45, 2.75) is 0 Å². The highest BCUT2D eigenvalue weighted by Gasteiger charge is 2.15. The molecule has 17 heavy (non-hydrogen) atoms. The molecule has 0 spiro atoms. The van der Waals surface area contributed by atoms with Crippen LogP contribution >= 0.6 is 0 Å². The molecule has 3 N–H and O–H groups in total. The number of allylic oxidation sites excluding steroid dienone is 4. The first-order valence-electron chi connectivity index (χ1n) is 5.23. The van der Waals surface area contributed by atoms with E-state index in [0.717, 1.165) is 5.01 Å². The van der Waals surface area contributed by atoms with E-state index in [-0.39, 0.29) is 5.91 Å². The minimum absolute atomic E-state index is 0.256. The highest BCUT2D eigenvalue weighted by molar-refractivity contribution is 5.94. The number of amides is 1. The maximum Gasteiger partial charge on any atom is 0.273 e. The summed E-state index contributed by atoms with van der Waals surface area (Å²) >= 11 is 0. The first-order chi connectivity index (χ1) is 8.29. The fourth-order valence-corrected chi connectivity index (χ4v) is 1.43. The van der Waals surface area contributed by atoms with Crippen LogP contribution in [0.2, 0.25) is 0 Å². The lowest BCUT2D eigenvalue weighted by Crippen LogP contribution is -2.40. The van der Waals surface area contributed by atoms with E-state index in [4.69, 9.17) is 5.84 Å². The summed E-state index contributed by atoms with van der Waals surface area (Å²) < 4.78 is 0. The molecule has 4 heteroatoms. The number of nitrogens with two attached hydrogens (primary N) is 1. The smallest absolute Gasteiger partial charge is 0.273 e. The molecule has 0 atom stereocenters. The van der Waals surface area contributed by atoms with Gasteiger partial charge in [-0.05, 0) is 24.3 Å². The van der Waals surface area contributed by atoms with Crippen LogP contribution in [-0.2, 0) is 0 Å². The Morgan fingerprint density at radius 2 is 1.88 bits per heavy atom. The van der Waals surface area contributed by atoms with Gasteiger partial charge < -0.3 is 5.32 Å². The summed E-state index contributed by atoms with van der Waals surface area (Å²) in [5, 5.41) is 4.02. The van der Waals surface area contributed by atoms with Crippen molar-refractivity contribution >= 4 is 5.91 Å². The molecule has 0 saturated heterocycles. The Morgan fingerprint density at radius 1 is 1.12 bits per heavy atom. The zero-order valence-electron chi connectivity index (χ0n) is 9.21. The zero-order chi connectivity index (χ0) is 12.1. The Labute approximate surface area is 99.7 Å². The number of benzene rings is 1. The first kappa shape index (κ1) is 11.2. The number of nitrogens with one attached hydrogen (secondary N) is 1. The van der Waals surface area contributed by atoms with Crippen molar-refractivity contribution in [1.82, 2.24) is 10.3 Å². The molecule has 1 aromatic carbocycles. The Morgan fingerprint density at radius 3 is 2.65 bits per heavy atom. The summed E-state index contributed by atoms with van der Waals surface area (Å²) in [7, 11) is 0. The van der Waals surface area contributed by atoms with E-state index < -0.39 is 0 Å². The largest absolute Gasteiger partial charge is 0.347 e. The van der Waals surface area contributed by atoms with Crippen molar-refractivity contribution in [3.8, 4) is 0 Å². The Kier molecular flexibility index (Phi) is 3.37. The second-order valence-electron chi connectivity index (χ2n) is 3.48. The van der Waals surface area contributed by atoms with Crippen LogP contribution in [0.3, 0.4) is 0 Å². The SMILES string of the molecule is NN(C(=O)c1ccccc1)C1=CC=CC=CN1. The Hall–Kier alpha value is -2.33. The predicted octanol–water partition coefficient (Wildman–Crippen LogP) is 1.52. The van der Waals surface area contributed by atoms with E-state index in [2.05, 4.69) is 5.32 Å². The predicted molar refractivity (Wildman–Crippen MR) is 66.3 cm³/mol. The van der Waals surface area contributed by atoms with Crippen LogP contribution in [0.15, 0.2) is 66.7 Å². The molecule has 1 aromatic rings. The van der Waals surface area contributed by atoms with Gasteiger partial charge >= 0.3 is 0 Å². The first-order valence-corrected chi connectivity index (χ1v) is 5.23. The number of carbonyl (C=O) groups excluding carboxylic acids is 1. The molecule has 1 amide bonds. The lowest BCUT2D eigenvalue weighted by molar-refractivity contribution is 0.0798. The molecule has 1 heterocycles. The topological polar surface area (TPSA) is 58.4 Å². The van der Waals surface area contributed by atoms with Gasteiger partial charge in [-0.1, -0.05) is 30.4 Å². The quantitative estimate of drug-likeness (QED) is 0.457. The molecule has 0 bridgehead atoms. The second-order valence-corrected chi connectivity index (χ2v) is 3.48. The molecule has 0 fully saturated rings. The fraction of sp³-hybridized carbons (Fsp3) is 0. The monoisotopic (exact) mass is 227 g/mol. The number of hydrogen-bond donors (Lipinski definition) is 2. The molecule has 4 nitrogen and oxygen atoms in total. The molecule has 1 aliphatic heterocycles. The molecule has 1 aliphatic rings. The Balaban J connectivity index is 2.18. The Bertz CT molecular complexity index is 489. The van der Waals surface area contributed by atoms with Gasteiger partial charge in [0.15, 0.2) is 0 Å². The van der Waals surface area contributed by atoms with E-state index in [1.165, 1.54) is 0 Å². The summed E-state index contributed by atoms with van der Waals surface area (Å²) in [5.41, 5.74) is 0.551. The van der Waals surface area contributed by atoms with Gasteiger partial charge in [0.25, 0.3) is 5.91 Å². The molecule has 0 saturated carbocycles. The number of hydrazine groups is 1. The number of rotatable bonds is 2.